The summed E-state index contributed by atoms with van der Waals surface area (Å²) in [5, 5.41) is 10.1. The number of amides is 1. The van der Waals surface area contributed by atoms with Crippen molar-refractivity contribution in [2.24, 2.45) is 4.99 Å². The smallest absolute Gasteiger partial charge is 0.243 e. The standard InChI is InChI=1S/C12H11NO2/c1-9(14)13-11-5-7-12(15)6-3-2-4-10(12)8-11/h2-8,15H,1H3. The third kappa shape index (κ3) is 1.87. The van der Waals surface area contributed by atoms with Crippen molar-refractivity contribution in [2.45, 2.75) is 12.5 Å². The summed E-state index contributed by atoms with van der Waals surface area (Å²) >= 11 is 0. The summed E-state index contributed by atoms with van der Waals surface area (Å²) in [6, 6.07) is 0. The first-order chi connectivity index (χ1) is 7.10. The average molecular weight is 201 g/mol. The number of nitrogens with zero attached hydrogens (tertiary/aromatic N) is 1. The van der Waals surface area contributed by atoms with Crippen molar-refractivity contribution in [1.29, 1.82) is 0 Å². The molecular weight excluding hydrogens is 190 g/mol. The van der Waals surface area contributed by atoms with Crippen molar-refractivity contribution in [2.75, 3.05) is 0 Å². The van der Waals surface area contributed by atoms with E-state index in [1.807, 2.05) is 6.08 Å². The Morgan fingerprint density at radius 1 is 1.33 bits per heavy atom. The highest BCUT2D eigenvalue weighted by molar-refractivity contribution is 6.11. The minimum absolute atomic E-state index is 0.243. The van der Waals surface area contributed by atoms with E-state index in [0.717, 1.165) is 5.57 Å². The summed E-state index contributed by atoms with van der Waals surface area (Å²) < 4.78 is 0. The fourth-order valence-corrected chi connectivity index (χ4v) is 1.58. The van der Waals surface area contributed by atoms with Crippen LogP contribution >= 0.6 is 0 Å². The van der Waals surface area contributed by atoms with Crippen LogP contribution in [0.1, 0.15) is 6.92 Å². The predicted molar refractivity (Wildman–Crippen MR) is 58.6 cm³/mol. The van der Waals surface area contributed by atoms with Crippen LogP contribution in [0.4, 0.5) is 0 Å². The Labute approximate surface area is 87.8 Å². The fourth-order valence-electron chi connectivity index (χ4n) is 1.58. The van der Waals surface area contributed by atoms with Crippen LogP contribution in [-0.2, 0) is 4.79 Å². The quantitative estimate of drug-likeness (QED) is 0.642. The largest absolute Gasteiger partial charge is 0.377 e. The molecule has 0 heterocycles. The molecule has 1 atom stereocenters. The Balaban J connectivity index is 2.40. The second kappa shape index (κ2) is 3.44. The van der Waals surface area contributed by atoms with Crippen molar-refractivity contribution < 1.29 is 9.90 Å². The summed E-state index contributed by atoms with van der Waals surface area (Å²) in [6.07, 6.45) is 12.1. The monoisotopic (exact) mass is 201 g/mol. The lowest BCUT2D eigenvalue weighted by atomic mass is 9.85. The normalized spacial score (nSPS) is 30.3. The van der Waals surface area contributed by atoms with E-state index in [-0.39, 0.29) is 5.91 Å². The third-order valence-electron chi connectivity index (χ3n) is 2.30. The zero-order valence-corrected chi connectivity index (χ0v) is 8.34. The molecule has 0 saturated heterocycles. The van der Waals surface area contributed by atoms with Gasteiger partial charge >= 0.3 is 0 Å². The molecule has 0 radical (unpaired) electrons. The number of allylic oxidation sites excluding steroid dienone is 4. The van der Waals surface area contributed by atoms with Crippen LogP contribution in [0.15, 0.2) is 53.1 Å². The van der Waals surface area contributed by atoms with E-state index in [0.29, 0.717) is 5.71 Å². The molecule has 76 valence electrons. The number of hydrogen-bond acceptors (Lipinski definition) is 2. The Kier molecular flexibility index (Phi) is 2.25. The van der Waals surface area contributed by atoms with Crippen LogP contribution < -0.4 is 0 Å². The Bertz CT molecular complexity index is 452. The lowest BCUT2D eigenvalue weighted by Crippen LogP contribution is -2.29. The molecule has 3 heteroatoms. The Morgan fingerprint density at radius 3 is 2.87 bits per heavy atom. The molecule has 15 heavy (non-hydrogen) atoms. The highest BCUT2D eigenvalue weighted by atomic mass is 16.3. The first-order valence-corrected chi connectivity index (χ1v) is 4.69. The SMILES string of the molecule is CC(=O)N=C1C=CC2(O)C=CC=CC2=C1. The number of carbonyl (C=O) groups excluding carboxylic acids is 1. The van der Waals surface area contributed by atoms with Gasteiger partial charge in [-0.15, -0.1) is 0 Å². The summed E-state index contributed by atoms with van der Waals surface area (Å²) in [5.41, 5.74) is 0.263. The maximum absolute atomic E-state index is 10.8. The zero-order chi connectivity index (χ0) is 10.9. The lowest BCUT2D eigenvalue weighted by molar-refractivity contribution is -0.115. The first kappa shape index (κ1) is 9.80. The number of carbonyl (C=O) groups is 1. The fraction of sp³-hybridized carbons (Fsp3) is 0.167. The highest BCUT2D eigenvalue weighted by Gasteiger charge is 2.28. The van der Waals surface area contributed by atoms with Gasteiger partial charge in [0.1, 0.15) is 5.60 Å². The van der Waals surface area contributed by atoms with Gasteiger partial charge in [-0.05, 0) is 29.9 Å². The van der Waals surface area contributed by atoms with E-state index in [1.165, 1.54) is 6.92 Å². The van der Waals surface area contributed by atoms with E-state index < -0.39 is 5.60 Å². The van der Waals surface area contributed by atoms with Gasteiger partial charge in [-0.3, -0.25) is 4.79 Å². The molecule has 3 nitrogen and oxygen atoms in total. The molecule has 0 aromatic rings. The molecule has 0 aromatic carbocycles. The number of aliphatic hydroxyl groups is 1. The van der Waals surface area contributed by atoms with Crippen molar-refractivity contribution in [1.82, 2.24) is 0 Å². The molecule has 2 aliphatic rings. The number of fused-ring (bicyclic) bond motifs is 1. The second-order valence-electron chi connectivity index (χ2n) is 3.53. The zero-order valence-electron chi connectivity index (χ0n) is 8.34. The van der Waals surface area contributed by atoms with E-state index in [2.05, 4.69) is 4.99 Å². The van der Waals surface area contributed by atoms with E-state index in [4.69, 9.17) is 0 Å². The van der Waals surface area contributed by atoms with Gasteiger partial charge in [0.2, 0.25) is 5.91 Å². The third-order valence-corrected chi connectivity index (χ3v) is 2.30. The molecule has 0 fully saturated rings. The van der Waals surface area contributed by atoms with Crippen molar-refractivity contribution >= 4 is 11.6 Å². The molecule has 0 saturated carbocycles. The van der Waals surface area contributed by atoms with Crippen molar-refractivity contribution in [3.8, 4) is 0 Å². The maximum Gasteiger partial charge on any atom is 0.243 e. The van der Waals surface area contributed by atoms with Crippen LogP contribution in [0, 0.1) is 0 Å². The van der Waals surface area contributed by atoms with Gasteiger partial charge < -0.3 is 5.11 Å². The Morgan fingerprint density at radius 2 is 2.13 bits per heavy atom. The van der Waals surface area contributed by atoms with E-state index in [9.17, 15) is 9.90 Å². The number of aliphatic imine (C=N–C) groups is 1. The first-order valence-electron chi connectivity index (χ1n) is 4.69. The molecule has 1 N–H and O–H groups in total. The minimum Gasteiger partial charge on any atom is -0.377 e. The van der Waals surface area contributed by atoms with Crippen LogP contribution in [0.2, 0.25) is 0 Å². The second-order valence-corrected chi connectivity index (χ2v) is 3.53. The van der Waals surface area contributed by atoms with Gasteiger partial charge in [-0.25, -0.2) is 4.99 Å². The maximum atomic E-state index is 10.8. The number of hydrogen-bond donors (Lipinski definition) is 1. The Hall–Kier alpha value is -1.74. The van der Waals surface area contributed by atoms with Gasteiger partial charge in [0.05, 0.1) is 5.71 Å². The summed E-state index contributed by atoms with van der Waals surface area (Å²) in [5.74, 6) is -0.243. The molecule has 0 aliphatic heterocycles. The van der Waals surface area contributed by atoms with Gasteiger partial charge in [0.15, 0.2) is 0 Å². The summed E-state index contributed by atoms with van der Waals surface area (Å²) in [6.45, 7) is 1.40. The van der Waals surface area contributed by atoms with E-state index in [1.54, 1.807) is 36.5 Å². The molecule has 1 unspecified atom stereocenters. The summed E-state index contributed by atoms with van der Waals surface area (Å²) in [7, 11) is 0. The number of rotatable bonds is 0. The molecular formula is C12H11NO2. The van der Waals surface area contributed by atoms with Crippen LogP contribution in [0.5, 0.6) is 0 Å². The molecule has 1 amide bonds. The predicted octanol–water partition coefficient (Wildman–Crippen LogP) is 1.33. The summed E-state index contributed by atoms with van der Waals surface area (Å²) in [4.78, 5) is 14.6. The topological polar surface area (TPSA) is 49.7 Å². The van der Waals surface area contributed by atoms with E-state index >= 15 is 0 Å². The van der Waals surface area contributed by atoms with Crippen LogP contribution in [0.3, 0.4) is 0 Å². The highest BCUT2D eigenvalue weighted by Crippen LogP contribution is 2.28. The van der Waals surface area contributed by atoms with Gasteiger partial charge in [-0.2, -0.15) is 0 Å². The lowest BCUT2D eigenvalue weighted by Gasteiger charge is -2.27. The minimum atomic E-state index is -1.04. The molecule has 2 rings (SSSR count). The molecule has 0 spiro atoms. The average Bonchev–Trinajstić information content (AvgIpc) is 2.17. The van der Waals surface area contributed by atoms with Crippen LogP contribution in [-0.4, -0.2) is 22.3 Å². The van der Waals surface area contributed by atoms with Crippen LogP contribution in [0.25, 0.3) is 0 Å². The van der Waals surface area contributed by atoms with Gasteiger partial charge in [0.25, 0.3) is 0 Å². The van der Waals surface area contributed by atoms with Gasteiger partial charge in [-0.1, -0.05) is 18.2 Å². The molecule has 2 aliphatic carbocycles. The van der Waals surface area contributed by atoms with Crippen molar-refractivity contribution in [3.63, 3.8) is 0 Å². The molecule has 0 aromatic heterocycles. The van der Waals surface area contributed by atoms with Crippen molar-refractivity contribution in [3.05, 3.63) is 48.1 Å². The molecule has 0 bridgehead atoms. The van der Waals surface area contributed by atoms with Gasteiger partial charge in [0, 0.05) is 6.92 Å².